The van der Waals surface area contributed by atoms with E-state index in [0.29, 0.717) is 12.2 Å². The van der Waals surface area contributed by atoms with Crippen LogP contribution in [0.5, 0.6) is 0 Å². The maximum Gasteiger partial charge on any atom is 0.343 e. The quantitative estimate of drug-likeness (QED) is 0.177. The zero-order valence-electron chi connectivity index (χ0n) is 18.1. The van der Waals surface area contributed by atoms with Gasteiger partial charge in [0.1, 0.15) is 5.56 Å². The third kappa shape index (κ3) is 6.07. The van der Waals surface area contributed by atoms with E-state index in [0.717, 1.165) is 12.0 Å². The molecule has 0 radical (unpaired) electrons. The van der Waals surface area contributed by atoms with Crippen LogP contribution in [0, 0.1) is 5.92 Å². The molecule has 0 fully saturated rings. The molecule has 0 aliphatic carbocycles. The van der Waals surface area contributed by atoms with E-state index in [-0.39, 0.29) is 28.7 Å². The van der Waals surface area contributed by atoms with Crippen LogP contribution >= 0.6 is 11.6 Å². The van der Waals surface area contributed by atoms with Gasteiger partial charge in [0, 0.05) is 24.0 Å². The molecule has 0 saturated heterocycles. The van der Waals surface area contributed by atoms with Crippen LogP contribution in [-0.2, 0) is 15.0 Å². The largest absolute Gasteiger partial charge is 0.494 e. The zero-order valence-corrected chi connectivity index (χ0v) is 18.9. The van der Waals surface area contributed by atoms with Gasteiger partial charge < -0.3 is 14.0 Å². The molecule has 1 aromatic heterocycles. The standard InChI is InChI=1S/C22H31ClN2O4/c1-8-16(12-19(28-7)20(23)24-6)13-22(5,15(3)4)25-11-10-18(26)17(14-25)21(27)29-9-2/h10-12,14-15H,6,8-9,13H2,1-5,7H3/b16-12+,20-19+. The lowest BCUT2D eigenvalue weighted by atomic mass is 9.81. The highest BCUT2D eigenvalue weighted by molar-refractivity contribution is 6.30. The first-order chi connectivity index (χ1) is 13.6. The van der Waals surface area contributed by atoms with Crippen LogP contribution in [0.2, 0.25) is 0 Å². The smallest absolute Gasteiger partial charge is 0.343 e. The molecule has 1 aromatic rings. The number of halogens is 1. The third-order valence-electron chi connectivity index (χ3n) is 5.19. The van der Waals surface area contributed by atoms with Crippen molar-refractivity contribution in [1.82, 2.24) is 4.57 Å². The Morgan fingerprint density at radius 1 is 1.41 bits per heavy atom. The number of pyridine rings is 1. The minimum atomic E-state index is -0.613. The van der Waals surface area contributed by atoms with Gasteiger partial charge in [0.2, 0.25) is 0 Å². The predicted molar refractivity (Wildman–Crippen MR) is 118 cm³/mol. The first-order valence-electron chi connectivity index (χ1n) is 9.64. The molecule has 160 valence electrons. The van der Waals surface area contributed by atoms with E-state index in [1.165, 1.54) is 13.2 Å². The Morgan fingerprint density at radius 2 is 2.07 bits per heavy atom. The van der Waals surface area contributed by atoms with Gasteiger partial charge in [-0.15, -0.1) is 0 Å². The van der Waals surface area contributed by atoms with Crippen LogP contribution in [0.4, 0.5) is 0 Å². The van der Waals surface area contributed by atoms with E-state index in [2.05, 4.69) is 32.5 Å². The molecule has 7 heteroatoms. The van der Waals surface area contributed by atoms with Gasteiger partial charge in [-0.25, -0.2) is 9.79 Å². The fraction of sp³-hybridized carbons (Fsp3) is 0.500. The van der Waals surface area contributed by atoms with E-state index in [1.807, 2.05) is 17.6 Å². The van der Waals surface area contributed by atoms with Gasteiger partial charge in [-0.2, -0.15) is 0 Å². The molecule has 0 aliphatic heterocycles. The van der Waals surface area contributed by atoms with Gasteiger partial charge >= 0.3 is 5.97 Å². The molecule has 0 N–H and O–H groups in total. The molecular formula is C22H31ClN2O4. The van der Waals surface area contributed by atoms with Crippen LogP contribution < -0.4 is 5.43 Å². The fourth-order valence-electron chi connectivity index (χ4n) is 2.96. The van der Waals surface area contributed by atoms with E-state index in [9.17, 15) is 9.59 Å². The summed E-state index contributed by atoms with van der Waals surface area (Å²) in [6.07, 6.45) is 6.58. The molecule has 0 spiro atoms. The number of carbonyl (C=O) groups excluding carboxylic acids is 1. The number of carbonyl (C=O) groups is 1. The first-order valence-corrected chi connectivity index (χ1v) is 10.0. The monoisotopic (exact) mass is 422 g/mol. The summed E-state index contributed by atoms with van der Waals surface area (Å²) in [6.45, 7) is 13.7. The van der Waals surface area contributed by atoms with E-state index < -0.39 is 11.5 Å². The molecule has 0 aliphatic rings. The van der Waals surface area contributed by atoms with Crippen LogP contribution in [0.15, 0.2) is 50.8 Å². The van der Waals surface area contributed by atoms with E-state index in [1.54, 1.807) is 19.3 Å². The Balaban J connectivity index is 3.47. The summed E-state index contributed by atoms with van der Waals surface area (Å²) in [5, 5.41) is 0.192. The number of methoxy groups -OCH3 is 1. The van der Waals surface area contributed by atoms with Crippen LogP contribution in [0.1, 0.15) is 57.8 Å². The molecule has 29 heavy (non-hydrogen) atoms. The van der Waals surface area contributed by atoms with Gasteiger partial charge in [0.05, 0.1) is 13.7 Å². The maximum absolute atomic E-state index is 12.2. The first kappa shape index (κ1) is 24.7. The van der Waals surface area contributed by atoms with Gasteiger partial charge in [0.15, 0.2) is 16.3 Å². The highest BCUT2D eigenvalue weighted by Crippen LogP contribution is 2.34. The van der Waals surface area contributed by atoms with Crippen molar-refractivity contribution < 1.29 is 14.3 Å². The van der Waals surface area contributed by atoms with Crippen molar-refractivity contribution in [2.24, 2.45) is 10.9 Å². The lowest BCUT2D eigenvalue weighted by Crippen LogP contribution is -2.37. The number of aromatic nitrogens is 1. The third-order valence-corrected chi connectivity index (χ3v) is 5.49. The van der Waals surface area contributed by atoms with Gasteiger partial charge in [-0.1, -0.05) is 37.9 Å². The molecule has 1 heterocycles. The number of rotatable bonds is 10. The van der Waals surface area contributed by atoms with Gasteiger partial charge in [-0.3, -0.25) is 4.79 Å². The Morgan fingerprint density at radius 3 is 2.55 bits per heavy atom. The summed E-state index contributed by atoms with van der Waals surface area (Å²) in [7, 11) is 1.53. The Kier molecular flexibility index (Phi) is 9.37. The van der Waals surface area contributed by atoms with Gasteiger partial charge in [0.25, 0.3) is 0 Å². The van der Waals surface area contributed by atoms with Crippen molar-refractivity contribution in [1.29, 1.82) is 0 Å². The lowest BCUT2D eigenvalue weighted by molar-refractivity contribution is 0.0522. The summed E-state index contributed by atoms with van der Waals surface area (Å²) in [6, 6.07) is 1.40. The predicted octanol–water partition coefficient (Wildman–Crippen LogP) is 4.88. The molecule has 1 unspecified atom stereocenters. The van der Waals surface area contributed by atoms with Crippen LogP contribution in [0.3, 0.4) is 0 Å². The normalized spacial score (nSPS) is 14.8. The number of esters is 1. The molecule has 1 rings (SSSR count). The Hall–Kier alpha value is -2.34. The number of ether oxygens (including phenoxy) is 2. The topological polar surface area (TPSA) is 69.9 Å². The SMILES string of the molecule is C=N/C(Cl)=C(\C=C(/CC)CC(C)(C(C)C)n1ccc(=O)c(C(=O)OCC)c1)OC. The Labute approximate surface area is 177 Å². The van der Waals surface area contributed by atoms with Crippen molar-refractivity contribution in [3.63, 3.8) is 0 Å². The van der Waals surface area contributed by atoms with Crippen molar-refractivity contribution in [3.05, 3.63) is 56.8 Å². The second-order valence-electron chi connectivity index (χ2n) is 7.21. The highest BCUT2D eigenvalue weighted by Gasteiger charge is 2.31. The number of allylic oxidation sites excluding steroid dienone is 2. The second-order valence-corrected chi connectivity index (χ2v) is 7.57. The lowest BCUT2D eigenvalue weighted by Gasteiger charge is -2.38. The van der Waals surface area contributed by atoms with Crippen LogP contribution in [-0.4, -0.2) is 31.0 Å². The minimum Gasteiger partial charge on any atom is -0.494 e. The molecular weight excluding hydrogens is 392 g/mol. The van der Waals surface area contributed by atoms with Gasteiger partial charge in [-0.05, 0) is 45.4 Å². The summed E-state index contributed by atoms with van der Waals surface area (Å²) in [4.78, 5) is 28.1. The summed E-state index contributed by atoms with van der Waals surface area (Å²) in [5.41, 5.74) is 0.338. The van der Waals surface area contributed by atoms with Crippen molar-refractivity contribution in [2.75, 3.05) is 13.7 Å². The summed E-state index contributed by atoms with van der Waals surface area (Å²) in [5.74, 6) is 0.0207. The number of nitrogens with zero attached hydrogens (tertiary/aromatic N) is 2. The summed E-state index contributed by atoms with van der Waals surface area (Å²) < 4.78 is 12.3. The van der Waals surface area contributed by atoms with Crippen LogP contribution in [0.25, 0.3) is 0 Å². The highest BCUT2D eigenvalue weighted by atomic mass is 35.5. The molecule has 0 saturated carbocycles. The molecule has 0 aromatic carbocycles. The second kappa shape index (κ2) is 11.0. The minimum absolute atomic E-state index is 0.0274. The fourth-order valence-corrected chi connectivity index (χ4v) is 3.09. The van der Waals surface area contributed by atoms with Crippen molar-refractivity contribution in [3.8, 4) is 0 Å². The van der Waals surface area contributed by atoms with E-state index in [4.69, 9.17) is 21.1 Å². The van der Waals surface area contributed by atoms with Crippen molar-refractivity contribution in [2.45, 2.75) is 53.0 Å². The molecule has 6 nitrogen and oxygen atoms in total. The number of hydrogen-bond acceptors (Lipinski definition) is 5. The average Bonchev–Trinajstić information content (AvgIpc) is 2.70. The summed E-state index contributed by atoms with van der Waals surface area (Å²) >= 11 is 6.08. The van der Waals surface area contributed by atoms with Crippen molar-refractivity contribution >= 4 is 24.3 Å². The molecule has 1 atom stereocenters. The Bertz CT molecular complexity index is 855. The molecule has 0 bridgehead atoms. The number of hydrogen-bond donors (Lipinski definition) is 0. The number of aliphatic imine (C=N–C) groups is 1. The maximum atomic E-state index is 12.2. The average molecular weight is 423 g/mol. The molecule has 0 amide bonds. The zero-order chi connectivity index (χ0) is 22.2. The van der Waals surface area contributed by atoms with E-state index >= 15 is 0 Å².